The average molecular weight is 396 g/mol. The first-order valence-electron chi connectivity index (χ1n) is 8.14. The summed E-state index contributed by atoms with van der Waals surface area (Å²) in [6, 6.07) is 17.0. The van der Waals surface area contributed by atoms with Gasteiger partial charge in [0.05, 0.1) is 23.9 Å². The molecule has 0 radical (unpaired) electrons. The third-order valence-electron chi connectivity index (χ3n) is 3.70. The SMILES string of the molecule is COc1ccccc1NC(=S)N/N=C\c1ccc(-c2ccc([N+](=O)[O-])cc2)o1. The standard InChI is InChI=1S/C19H16N4O4S/c1-26-18-5-3-2-4-16(18)21-19(28)22-20-12-15-10-11-17(27-15)13-6-8-14(9-7-13)23(24)25/h2-12H,1H3,(H2,21,22,28)/b20-12-. The fraction of sp³-hybridized carbons (Fsp3) is 0.0526. The number of hydrogen-bond acceptors (Lipinski definition) is 6. The van der Waals surface area contributed by atoms with Crippen LogP contribution in [-0.4, -0.2) is 23.4 Å². The first-order chi connectivity index (χ1) is 13.6. The number of hydrazone groups is 1. The smallest absolute Gasteiger partial charge is 0.269 e. The zero-order valence-electron chi connectivity index (χ0n) is 14.8. The highest BCUT2D eigenvalue weighted by Crippen LogP contribution is 2.24. The Morgan fingerprint density at radius 2 is 1.93 bits per heavy atom. The number of para-hydroxylation sites is 2. The maximum atomic E-state index is 10.7. The minimum atomic E-state index is -0.447. The molecule has 1 aromatic heterocycles. The predicted molar refractivity (Wildman–Crippen MR) is 111 cm³/mol. The molecule has 3 aromatic rings. The van der Waals surface area contributed by atoms with Crippen LogP contribution in [0.25, 0.3) is 11.3 Å². The van der Waals surface area contributed by atoms with Crippen LogP contribution >= 0.6 is 12.2 Å². The van der Waals surface area contributed by atoms with Crippen LogP contribution in [0.15, 0.2) is 70.2 Å². The Morgan fingerprint density at radius 3 is 2.64 bits per heavy atom. The number of thiocarbonyl (C=S) groups is 1. The van der Waals surface area contributed by atoms with E-state index in [9.17, 15) is 10.1 Å². The molecule has 8 nitrogen and oxygen atoms in total. The Morgan fingerprint density at radius 1 is 1.18 bits per heavy atom. The van der Waals surface area contributed by atoms with E-state index in [0.717, 1.165) is 11.3 Å². The second kappa shape index (κ2) is 8.78. The molecule has 0 spiro atoms. The number of nitrogens with one attached hydrogen (secondary N) is 2. The van der Waals surface area contributed by atoms with Gasteiger partial charge >= 0.3 is 0 Å². The predicted octanol–water partition coefficient (Wildman–Crippen LogP) is 4.18. The molecule has 2 aromatic carbocycles. The highest BCUT2D eigenvalue weighted by atomic mass is 32.1. The largest absolute Gasteiger partial charge is 0.495 e. The summed E-state index contributed by atoms with van der Waals surface area (Å²) in [4.78, 5) is 10.3. The molecule has 28 heavy (non-hydrogen) atoms. The quantitative estimate of drug-likeness (QED) is 0.279. The lowest BCUT2D eigenvalue weighted by Crippen LogP contribution is -2.24. The fourth-order valence-corrected chi connectivity index (χ4v) is 2.54. The lowest BCUT2D eigenvalue weighted by atomic mass is 10.1. The molecule has 0 aliphatic rings. The fourth-order valence-electron chi connectivity index (χ4n) is 2.38. The van der Waals surface area contributed by atoms with Crippen molar-refractivity contribution in [1.29, 1.82) is 0 Å². The number of anilines is 1. The van der Waals surface area contributed by atoms with Crippen LogP contribution in [0, 0.1) is 10.1 Å². The third-order valence-corrected chi connectivity index (χ3v) is 3.90. The van der Waals surface area contributed by atoms with E-state index in [1.165, 1.54) is 18.3 Å². The molecule has 2 N–H and O–H groups in total. The molecule has 0 aliphatic heterocycles. The van der Waals surface area contributed by atoms with Crippen molar-refractivity contribution in [1.82, 2.24) is 5.43 Å². The van der Waals surface area contributed by atoms with Gasteiger partial charge in [0.2, 0.25) is 0 Å². The molecule has 1 heterocycles. The number of nitro groups is 1. The summed E-state index contributed by atoms with van der Waals surface area (Å²) in [6.07, 6.45) is 1.48. The van der Waals surface area contributed by atoms with Crippen molar-refractivity contribution >= 4 is 34.9 Å². The first-order valence-corrected chi connectivity index (χ1v) is 8.55. The van der Waals surface area contributed by atoms with E-state index in [-0.39, 0.29) is 5.69 Å². The number of nitro benzene ring substituents is 1. The molecule has 0 atom stereocenters. The van der Waals surface area contributed by atoms with E-state index in [4.69, 9.17) is 21.4 Å². The second-order valence-corrected chi connectivity index (χ2v) is 5.94. The van der Waals surface area contributed by atoms with Crippen LogP contribution in [0.2, 0.25) is 0 Å². The lowest BCUT2D eigenvalue weighted by Gasteiger charge is -2.10. The summed E-state index contributed by atoms with van der Waals surface area (Å²) in [6.45, 7) is 0. The molecule has 0 unspecified atom stereocenters. The van der Waals surface area contributed by atoms with Crippen molar-refractivity contribution in [2.45, 2.75) is 0 Å². The normalized spacial score (nSPS) is 10.6. The Bertz CT molecular complexity index is 1010. The average Bonchev–Trinajstić information content (AvgIpc) is 3.17. The molecule has 9 heteroatoms. The monoisotopic (exact) mass is 396 g/mol. The van der Waals surface area contributed by atoms with E-state index in [0.29, 0.717) is 22.4 Å². The number of ether oxygens (including phenoxy) is 1. The Hall–Kier alpha value is -3.72. The van der Waals surface area contributed by atoms with Crippen LogP contribution in [-0.2, 0) is 0 Å². The summed E-state index contributed by atoms with van der Waals surface area (Å²) in [5, 5.41) is 18.0. The number of non-ortho nitro benzene ring substituents is 1. The van der Waals surface area contributed by atoms with Gasteiger partial charge in [0.25, 0.3) is 5.69 Å². The van der Waals surface area contributed by atoms with Gasteiger partial charge < -0.3 is 14.5 Å². The maximum absolute atomic E-state index is 10.7. The van der Waals surface area contributed by atoms with E-state index in [1.807, 2.05) is 24.3 Å². The molecule has 0 fully saturated rings. The summed E-state index contributed by atoms with van der Waals surface area (Å²) in [5.74, 6) is 1.74. The van der Waals surface area contributed by atoms with Crippen molar-refractivity contribution in [3.63, 3.8) is 0 Å². The van der Waals surface area contributed by atoms with Crippen LogP contribution in [0.4, 0.5) is 11.4 Å². The highest BCUT2D eigenvalue weighted by molar-refractivity contribution is 7.80. The van der Waals surface area contributed by atoms with Crippen molar-refractivity contribution in [3.8, 4) is 17.1 Å². The molecule has 142 valence electrons. The second-order valence-electron chi connectivity index (χ2n) is 5.53. The number of rotatable bonds is 6. The zero-order chi connectivity index (χ0) is 19.9. The van der Waals surface area contributed by atoms with Gasteiger partial charge in [0.15, 0.2) is 5.11 Å². The third kappa shape index (κ3) is 4.71. The molecule has 0 bridgehead atoms. The van der Waals surface area contributed by atoms with Gasteiger partial charge in [-0.3, -0.25) is 15.5 Å². The lowest BCUT2D eigenvalue weighted by molar-refractivity contribution is -0.384. The minimum Gasteiger partial charge on any atom is -0.495 e. The minimum absolute atomic E-state index is 0.0253. The van der Waals surface area contributed by atoms with E-state index in [1.54, 1.807) is 31.4 Å². The van der Waals surface area contributed by atoms with Crippen molar-refractivity contribution in [3.05, 3.63) is 76.5 Å². The zero-order valence-corrected chi connectivity index (χ0v) is 15.6. The number of hydrogen-bond donors (Lipinski definition) is 2. The highest BCUT2D eigenvalue weighted by Gasteiger charge is 2.08. The van der Waals surface area contributed by atoms with Crippen molar-refractivity contribution < 1.29 is 14.1 Å². The summed E-state index contributed by atoms with van der Waals surface area (Å²) in [7, 11) is 1.58. The van der Waals surface area contributed by atoms with Crippen LogP contribution < -0.4 is 15.5 Å². The number of methoxy groups -OCH3 is 1. The maximum Gasteiger partial charge on any atom is 0.269 e. The summed E-state index contributed by atoms with van der Waals surface area (Å²) >= 11 is 5.20. The van der Waals surface area contributed by atoms with E-state index < -0.39 is 4.92 Å². The molecule has 0 saturated heterocycles. The van der Waals surface area contributed by atoms with Crippen molar-refractivity contribution in [2.75, 3.05) is 12.4 Å². The summed E-state index contributed by atoms with van der Waals surface area (Å²) in [5.41, 5.74) is 4.17. The van der Waals surface area contributed by atoms with Gasteiger partial charge in [-0.1, -0.05) is 12.1 Å². The topological polar surface area (TPSA) is 102 Å². The van der Waals surface area contributed by atoms with Gasteiger partial charge in [0.1, 0.15) is 17.3 Å². The summed E-state index contributed by atoms with van der Waals surface area (Å²) < 4.78 is 10.9. The van der Waals surface area contributed by atoms with E-state index >= 15 is 0 Å². The molecular weight excluding hydrogens is 380 g/mol. The van der Waals surface area contributed by atoms with Gasteiger partial charge in [0, 0.05) is 17.7 Å². The van der Waals surface area contributed by atoms with E-state index in [2.05, 4.69) is 15.8 Å². The van der Waals surface area contributed by atoms with Gasteiger partial charge in [-0.05, 0) is 48.6 Å². The van der Waals surface area contributed by atoms with Gasteiger partial charge in [-0.25, -0.2) is 0 Å². The van der Waals surface area contributed by atoms with Gasteiger partial charge in [-0.15, -0.1) is 0 Å². The molecule has 3 rings (SSSR count). The van der Waals surface area contributed by atoms with Crippen LogP contribution in [0.3, 0.4) is 0 Å². The molecule has 0 amide bonds. The number of furan rings is 1. The molecule has 0 saturated carbocycles. The Labute approximate surface area is 166 Å². The van der Waals surface area contributed by atoms with Crippen LogP contribution in [0.1, 0.15) is 5.76 Å². The van der Waals surface area contributed by atoms with Gasteiger partial charge in [-0.2, -0.15) is 5.10 Å². The molecule has 0 aliphatic carbocycles. The number of benzene rings is 2. The molecular formula is C19H16N4O4S. The Kier molecular flexibility index (Phi) is 5.97. The number of nitrogens with zero attached hydrogens (tertiary/aromatic N) is 2. The van der Waals surface area contributed by atoms with Crippen LogP contribution in [0.5, 0.6) is 5.75 Å². The van der Waals surface area contributed by atoms with Crippen molar-refractivity contribution in [2.24, 2.45) is 5.10 Å². The Balaban J connectivity index is 1.59. The first kappa shape index (κ1) is 19.1.